The van der Waals surface area contributed by atoms with Crippen molar-refractivity contribution in [3.63, 3.8) is 0 Å². The smallest absolute Gasteiger partial charge is 0.128 e. The average molecular weight is 267 g/mol. The Kier molecular flexibility index (Phi) is 5.16. The van der Waals surface area contributed by atoms with E-state index in [1.807, 2.05) is 6.92 Å². The monoisotopic (exact) mass is 267 g/mol. The van der Waals surface area contributed by atoms with Gasteiger partial charge in [-0.3, -0.25) is 0 Å². The van der Waals surface area contributed by atoms with Gasteiger partial charge in [-0.05, 0) is 44.2 Å². The zero-order valence-corrected chi connectivity index (χ0v) is 11.6. The third-order valence-corrected chi connectivity index (χ3v) is 3.37. The second kappa shape index (κ2) is 6.87. The van der Waals surface area contributed by atoms with Crippen LogP contribution < -0.4 is 10.1 Å². The molecular weight excluding hydrogens is 245 g/mol. The number of nitrogens with one attached hydrogen (secondary N) is 1. The van der Waals surface area contributed by atoms with Crippen LogP contribution in [0.5, 0.6) is 5.75 Å². The highest BCUT2D eigenvalue weighted by Crippen LogP contribution is 2.29. The van der Waals surface area contributed by atoms with E-state index in [0.29, 0.717) is 18.4 Å². The first-order valence-corrected chi connectivity index (χ1v) is 7.01. The van der Waals surface area contributed by atoms with E-state index in [4.69, 9.17) is 9.47 Å². The van der Waals surface area contributed by atoms with Crippen LogP contribution >= 0.6 is 0 Å². The number of hydrogen-bond acceptors (Lipinski definition) is 3. The van der Waals surface area contributed by atoms with Gasteiger partial charge in [-0.25, -0.2) is 4.39 Å². The lowest BCUT2D eigenvalue weighted by atomic mass is 9.85. The Morgan fingerprint density at radius 3 is 2.63 bits per heavy atom. The Morgan fingerprint density at radius 1 is 1.26 bits per heavy atom. The van der Waals surface area contributed by atoms with Gasteiger partial charge in [-0.2, -0.15) is 0 Å². The van der Waals surface area contributed by atoms with Gasteiger partial charge in [0.2, 0.25) is 0 Å². The summed E-state index contributed by atoms with van der Waals surface area (Å²) in [5.41, 5.74) is 0. The molecule has 3 atom stereocenters. The lowest BCUT2D eigenvalue weighted by Crippen LogP contribution is -2.61. The number of halogens is 1. The molecule has 0 aromatic heterocycles. The molecule has 0 spiro atoms. The summed E-state index contributed by atoms with van der Waals surface area (Å²) in [5, 5.41) is 3.46. The molecule has 1 aromatic carbocycles. The molecule has 0 bridgehead atoms. The maximum Gasteiger partial charge on any atom is 0.128 e. The van der Waals surface area contributed by atoms with Crippen LogP contribution in [-0.2, 0) is 4.74 Å². The van der Waals surface area contributed by atoms with Gasteiger partial charge in [-0.15, -0.1) is 0 Å². The molecule has 2 rings (SSSR count). The molecule has 3 unspecified atom stereocenters. The van der Waals surface area contributed by atoms with Crippen molar-refractivity contribution in [2.24, 2.45) is 0 Å². The van der Waals surface area contributed by atoms with Crippen LogP contribution in [0.3, 0.4) is 0 Å². The molecule has 0 amide bonds. The maximum absolute atomic E-state index is 12.8. The highest BCUT2D eigenvalue weighted by molar-refractivity contribution is 5.23. The molecular formula is C15H22FNO2. The summed E-state index contributed by atoms with van der Waals surface area (Å²) in [6.45, 7) is 5.81. The first-order valence-electron chi connectivity index (χ1n) is 7.01. The van der Waals surface area contributed by atoms with E-state index in [0.717, 1.165) is 19.4 Å². The van der Waals surface area contributed by atoms with Crippen LogP contribution in [-0.4, -0.2) is 31.4 Å². The molecule has 1 aliphatic rings. The van der Waals surface area contributed by atoms with Crippen molar-refractivity contribution < 1.29 is 13.9 Å². The zero-order chi connectivity index (χ0) is 13.7. The van der Waals surface area contributed by atoms with Crippen molar-refractivity contribution in [1.29, 1.82) is 0 Å². The summed E-state index contributed by atoms with van der Waals surface area (Å²) in [4.78, 5) is 0. The largest absolute Gasteiger partial charge is 0.488 e. The second-order valence-corrected chi connectivity index (χ2v) is 4.83. The van der Waals surface area contributed by atoms with Crippen molar-refractivity contribution in [1.82, 2.24) is 5.32 Å². The lowest BCUT2D eigenvalue weighted by molar-refractivity contribution is -0.104. The first-order chi connectivity index (χ1) is 9.24. The fourth-order valence-electron chi connectivity index (χ4n) is 2.33. The van der Waals surface area contributed by atoms with Gasteiger partial charge in [-0.1, -0.05) is 6.92 Å². The highest BCUT2D eigenvalue weighted by atomic mass is 19.1. The number of benzene rings is 1. The maximum atomic E-state index is 12.8. The van der Waals surface area contributed by atoms with Gasteiger partial charge in [0.25, 0.3) is 0 Å². The molecule has 1 aromatic rings. The molecule has 4 heteroatoms. The van der Waals surface area contributed by atoms with Gasteiger partial charge in [0.05, 0.1) is 0 Å². The van der Waals surface area contributed by atoms with E-state index in [1.165, 1.54) is 12.1 Å². The van der Waals surface area contributed by atoms with Crippen molar-refractivity contribution in [2.75, 3.05) is 13.2 Å². The molecule has 1 fully saturated rings. The summed E-state index contributed by atoms with van der Waals surface area (Å²) in [6, 6.07) is 6.51. The number of hydrogen-bond donors (Lipinski definition) is 1. The van der Waals surface area contributed by atoms with Crippen molar-refractivity contribution in [3.05, 3.63) is 30.1 Å². The van der Waals surface area contributed by atoms with Gasteiger partial charge in [0.1, 0.15) is 23.8 Å². The molecule has 1 N–H and O–H groups in total. The summed E-state index contributed by atoms with van der Waals surface area (Å²) in [6.07, 6.45) is 2.18. The van der Waals surface area contributed by atoms with Crippen LogP contribution in [0.4, 0.5) is 4.39 Å². The van der Waals surface area contributed by atoms with Gasteiger partial charge in [0, 0.05) is 19.1 Å². The zero-order valence-electron chi connectivity index (χ0n) is 11.6. The summed E-state index contributed by atoms with van der Waals surface area (Å²) >= 11 is 0. The third-order valence-electron chi connectivity index (χ3n) is 3.37. The second-order valence-electron chi connectivity index (χ2n) is 4.83. The van der Waals surface area contributed by atoms with E-state index in [-0.39, 0.29) is 18.0 Å². The van der Waals surface area contributed by atoms with Crippen LogP contribution in [0.1, 0.15) is 26.7 Å². The SMILES string of the molecule is CCCNC1CC(Oc2ccc(F)cc2)C1OCC. The topological polar surface area (TPSA) is 30.5 Å². The average Bonchev–Trinajstić information content (AvgIpc) is 2.41. The number of rotatable bonds is 7. The van der Waals surface area contributed by atoms with Crippen LogP contribution in [0.15, 0.2) is 24.3 Å². The normalized spacial score (nSPS) is 25.9. The van der Waals surface area contributed by atoms with Gasteiger partial charge < -0.3 is 14.8 Å². The molecule has 0 saturated heterocycles. The molecule has 1 saturated carbocycles. The fourth-order valence-corrected chi connectivity index (χ4v) is 2.33. The predicted molar refractivity (Wildman–Crippen MR) is 72.9 cm³/mol. The van der Waals surface area contributed by atoms with E-state index < -0.39 is 0 Å². The van der Waals surface area contributed by atoms with Crippen LogP contribution in [0.2, 0.25) is 0 Å². The Morgan fingerprint density at radius 2 is 2.00 bits per heavy atom. The summed E-state index contributed by atoms with van der Waals surface area (Å²) in [5.74, 6) is 0.454. The van der Waals surface area contributed by atoms with Gasteiger partial charge in [0.15, 0.2) is 0 Å². The Bertz CT molecular complexity index is 382. The van der Waals surface area contributed by atoms with E-state index in [1.54, 1.807) is 12.1 Å². The van der Waals surface area contributed by atoms with E-state index in [9.17, 15) is 4.39 Å². The molecule has 1 aliphatic carbocycles. The molecule has 0 heterocycles. The minimum Gasteiger partial charge on any atom is -0.488 e. The fraction of sp³-hybridized carbons (Fsp3) is 0.600. The van der Waals surface area contributed by atoms with Crippen LogP contribution in [0.25, 0.3) is 0 Å². The quantitative estimate of drug-likeness (QED) is 0.824. The van der Waals surface area contributed by atoms with E-state index >= 15 is 0 Å². The van der Waals surface area contributed by atoms with Crippen molar-refractivity contribution in [2.45, 2.75) is 44.9 Å². The third kappa shape index (κ3) is 3.67. The summed E-state index contributed by atoms with van der Waals surface area (Å²) < 4.78 is 24.4. The Labute approximate surface area is 114 Å². The molecule has 106 valence electrons. The van der Waals surface area contributed by atoms with Gasteiger partial charge >= 0.3 is 0 Å². The Balaban J connectivity index is 1.88. The van der Waals surface area contributed by atoms with Crippen molar-refractivity contribution >= 4 is 0 Å². The summed E-state index contributed by atoms with van der Waals surface area (Å²) in [7, 11) is 0. The molecule has 19 heavy (non-hydrogen) atoms. The molecule has 0 aliphatic heterocycles. The standard InChI is InChI=1S/C15H22FNO2/c1-3-9-17-13-10-14(15(13)18-4-2)19-12-7-5-11(16)6-8-12/h5-8,13-15,17H,3-4,9-10H2,1-2H3. The predicted octanol–water partition coefficient (Wildman–Crippen LogP) is 2.75. The van der Waals surface area contributed by atoms with E-state index in [2.05, 4.69) is 12.2 Å². The molecule has 0 radical (unpaired) electrons. The minimum atomic E-state index is -0.246. The minimum absolute atomic E-state index is 0.0553. The number of ether oxygens (including phenoxy) is 2. The molecule has 3 nitrogen and oxygen atoms in total. The Hall–Kier alpha value is -1.13. The first kappa shape index (κ1) is 14.3. The van der Waals surface area contributed by atoms with Crippen molar-refractivity contribution in [3.8, 4) is 5.75 Å². The highest BCUT2D eigenvalue weighted by Gasteiger charge is 2.43. The lowest BCUT2D eigenvalue weighted by Gasteiger charge is -2.44. The van der Waals surface area contributed by atoms with Crippen LogP contribution in [0, 0.1) is 5.82 Å².